The van der Waals surface area contributed by atoms with E-state index in [1.807, 2.05) is 36.4 Å². The van der Waals surface area contributed by atoms with Gasteiger partial charge in [0, 0.05) is 49.6 Å². The molecule has 52 heavy (non-hydrogen) atoms. The lowest BCUT2D eigenvalue weighted by atomic mass is 10.1. The fourth-order valence-electron chi connectivity index (χ4n) is 7.61. The highest BCUT2D eigenvalue weighted by atomic mass is 15.0. The van der Waals surface area contributed by atoms with Gasteiger partial charge in [-0.2, -0.15) is 0 Å². The Morgan fingerprint density at radius 3 is 1.38 bits per heavy atom. The molecule has 10 rings (SSSR count). The summed E-state index contributed by atoms with van der Waals surface area (Å²) in [4.78, 5) is 15.3. The summed E-state index contributed by atoms with van der Waals surface area (Å²) in [5.74, 6) is 1.85. The van der Waals surface area contributed by atoms with Crippen molar-refractivity contribution in [3.8, 4) is 45.5 Å². The quantitative estimate of drug-likeness (QED) is 0.178. The summed E-state index contributed by atoms with van der Waals surface area (Å²) < 4.78 is 4.64. The Morgan fingerprint density at radius 1 is 0.385 bits per heavy atom. The number of hydrogen-bond acceptors (Lipinski definition) is 3. The molecule has 0 amide bonds. The van der Waals surface area contributed by atoms with E-state index < -0.39 is 0 Å². The third-order valence-corrected chi connectivity index (χ3v) is 9.92. The smallest absolute Gasteiger partial charge is 0.164 e. The second-order valence-corrected chi connectivity index (χ2v) is 12.9. The van der Waals surface area contributed by atoms with Gasteiger partial charge in [-0.1, -0.05) is 134 Å². The van der Waals surface area contributed by atoms with E-state index in [9.17, 15) is 0 Å². The monoisotopic (exact) mass is 665 g/mol. The Kier molecular flexibility index (Phi) is 6.89. The van der Waals surface area contributed by atoms with E-state index in [0.717, 1.165) is 55.7 Å². The molecule has 0 saturated carbocycles. The molecule has 5 nitrogen and oxygen atoms in total. The van der Waals surface area contributed by atoms with Gasteiger partial charge in [0.2, 0.25) is 0 Å². The van der Waals surface area contributed by atoms with Crippen molar-refractivity contribution in [2.45, 2.75) is 0 Å². The molecule has 0 bridgehead atoms. The molecular weight excluding hydrogens is 635 g/mol. The Morgan fingerprint density at radius 2 is 0.808 bits per heavy atom. The summed E-state index contributed by atoms with van der Waals surface area (Å²) in [7, 11) is 0. The SMILES string of the molecule is C=Cc1cccc2c1c1ccccc1n2-c1cccc(-c2nc(-c3ccccc3)nc(-c3cccc(-n4c5ccccc5c5ccccc54)c3)n2)c1. The van der Waals surface area contributed by atoms with Gasteiger partial charge in [-0.25, -0.2) is 15.0 Å². The molecule has 3 aromatic heterocycles. The maximum absolute atomic E-state index is 5.17. The third-order valence-electron chi connectivity index (χ3n) is 9.92. The van der Waals surface area contributed by atoms with Crippen molar-refractivity contribution in [2.75, 3.05) is 0 Å². The highest BCUT2D eigenvalue weighted by Gasteiger charge is 2.18. The number of hydrogen-bond donors (Lipinski definition) is 0. The predicted molar refractivity (Wildman–Crippen MR) is 215 cm³/mol. The molecule has 0 N–H and O–H groups in total. The van der Waals surface area contributed by atoms with Gasteiger partial charge >= 0.3 is 0 Å². The van der Waals surface area contributed by atoms with Crippen LogP contribution in [-0.2, 0) is 0 Å². The molecule has 0 unspecified atom stereocenters. The molecule has 0 saturated heterocycles. The van der Waals surface area contributed by atoms with Crippen LogP contribution in [0.25, 0.3) is 95.2 Å². The van der Waals surface area contributed by atoms with Crippen molar-refractivity contribution in [3.63, 3.8) is 0 Å². The second-order valence-electron chi connectivity index (χ2n) is 12.9. The first-order chi connectivity index (χ1) is 25.7. The molecular formula is C47H31N5. The van der Waals surface area contributed by atoms with Gasteiger partial charge < -0.3 is 9.13 Å². The number of aromatic nitrogens is 5. The number of benzene rings is 7. The van der Waals surface area contributed by atoms with E-state index in [4.69, 9.17) is 15.0 Å². The number of rotatable bonds is 6. The molecule has 0 atom stereocenters. The van der Waals surface area contributed by atoms with E-state index in [1.54, 1.807) is 0 Å². The third kappa shape index (κ3) is 4.75. The van der Waals surface area contributed by atoms with Crippen molar-refractivity contribution < 1.29 is 0 Å². The van der Waals surface area contributed by atoms with Crippen LogP contribution < -0.4 is 0 Å². The standard InChI is InChI=1S/C47H31N5/c1-2-31-17-14-28-43-44(31)39-24-8-11-27-42(39)52(43)36-21-13-19-34(30-36)47-49-45(32-15-4-3-5-16-32)48-46(50-47)33-18-12-20-35(29-33)51-40-25-9-6-22-37(40)38-23-7-10-26-41(38)51/h2-30H,1H2. The average molecular weight is 666 g/mol. The molecule has 0 radical (unpaired) electrons. The van der Waals surface area contributed by atoms with E-state index in [2.05, 4.69) is 155 Å². The molecule has 0 spiro atoms. The molecule has 0 aliphatic rings. The lowest BCUT2D eigenvalue weighted by Crippen LogP contribution is -2.02. The van der Waals surface area contributed by atoms with Crippen LogP contribution in [0, 0.1) is 0 Å². The Balaban J connectivity index is 1.16. The minimum Gasteiger partial charge on any atom is -0.309 e. The lowest BCUT2D eigenvalue weighted by molar-refractivity contribution is 1.07. The van der Waals surface area contributed by atoms with Crippen LogP contribution in [0.1, 0.15) is 5.56 Å². The Labute approximate surface area is 300 Å². The summed E-state index contributed by atoms with van der Waals surface area (Å²) >= 11 is 0. The molecule has 244 valence electrons. The summed E-state index contributed by atoms with van der Waals surface area (Å²) in [6, 6.07) is 59.2. The minimum atomic E-state index is 0.612. The normalized spacial score (nSPS) is 11.5. The second kappa shape index (κ2) is 12.0. The fourth-order valence-corrected chi connectivity index (χ4v) is 7.61. The van der Waals surface area contributed by atoms with E-state index in [1.165, 1.54) is 21.5 Å². The van der Waals surface area contributed by atoms with Crippen LogP contribution in [-0.4, -0.2) is 24.1 Å². The van der Waals surface area contributed by atoms with Crippen molar-refractivity contribution in [1.82, 2.24) is 24.1 Å². The summed E-state index contributed by atoms with van der Waals surface area (Å²) in [6.45, 7) is 4.10. The molecule has 10 aromatic rings. The summed E-state index contributed by atoms with van der Waals surface area (Å²) in [5.41, 5.74) is 10.5. The van der Waals surface area contributed by atoms with Crippen LogP contribution in [0.15, 0.2) is 176 Å². The lowest BCUT2D eigenvalue weighted by Gasteiger charge is -2.13. The first-order valence-corrected chi connectivity index (χ1v) is 17.4. The highest BCUT2D eigenvalue weighted by molar-refractivity contribution is 6.13. The molecule has 5 heteroatoms. The van der Waals surface area contributed by atoms with Crippen LogP contribution >= 0.6 is 0 Å². The van der Waals surface area contributed by atoms with E-state index >= 15 is 0 Å². The molecule has 7 aromatic carbocycles. The van der Waals surface area contributed by atoms with Gasteiger partial charge in [0.05, 0.1) is 22.1 Å². The van der Waals surface area contributed by atoms with Gasteiger partial charge in [0.1, 0.15) is 0 Å². The average Bonchev–Trinajstić information content (AvgIpc) is 3.74. The topological polar surface area (TPSA) is 48.5 Å². The number of fused-ring (bicyclic) bond motifs is 6. The zero-order valence-corrected chi connectivity index (χ0v) is 28.2. The van der Waals surface area contributed by atoms with Crippen molar-refractivity contribution in [3.05, 3.63) is 182 Å². The summed E-state index contributed by atoms with van der Waals surface area (Å²) in [6.07, 6.45) is 1.93. The number of para-hydroxylation sites is 3. The maximum Gasteiger partial charge on any atom is 0.164 e. The van der Waals surface area contributed by atoms with Gasteiger partial charge in [-0.3, -0.25) is 0 Å². The maximum atomic E-state index is 5.17. The Bertz CT molecular complexity index is 2930. The van der Waals surface area contributed by atoms with Gasteiger partial charge in [-0.05, 0) is 54.1 Å². The van der Waals surface area contributed by atoms with Crippen molar-refractivity contribution >= 4 is 49.7 Å². The molecule has 0 aliphatic heterocycles. The fraction of sp³-hybridized carbons (Fsp3) is 0. The van der Waals surface area contributed by atoms with Crippen LogP contribution in [0.5, 0.6) is 0 Å². The van der Waals surface area contributed by atoms with E-state index in [-0.39, 0.29) is 0 Å². The van der Waals surface area contributed by atoms with Crippen LogP contribution in [0.2, 0.25) is 0 Å². The first kappa shape index (κ1) is 29.8. The van der Waals surface area contributed by atoms with Crippen molar-refractivity contribution in [1.29, 1.82) is 0 Å². The highest BCUT2D eigenvalue weighted by Crippen LogP contribution is 2.36. The minimum absolute atomic E-state index is 0.612. The number of nitrogens with zero attached hydrogens (tertiary/aromatic N) is 5. The van der Waals surface area contributed by atoms with Crippen LogP contribution in [0.4, 0.5) is 0 Å². The van der Waals surface area contributed by atoms with Gasteiger partial charge in [0.25, 0.3) is 0 Å². The molecule has 0 aliphatic carbocycles. The Hall–Kier alpha value is -7.11. The van der Waals surface area contributed by atoms with Crippen LogP contribution in [0.3, 0.4) is 0 Å². The zero-order chi connectivity index (χ0) is 34.6. The molecule has 3 heterocycles. The van der Waals surface area contributed by atoms with Gasteiger partial charge in [-0.15, -0.1) is 0 Å². The summed E-state index contributed by atoms with van der Waals surface area (Å²) in [5, 5.41) is 4.83. The predicted octanol–water partition coefficient (Wildman–Crippen LogP) is 11.7. The van der Waals surface area contributed by atoms with E-state index in [0.29, 0.717) is 17.5 Å². The largest absolute Gasteiger partial charge is 0.309 e. The van der Waals surface area contributed by atoms with Gasteiger partial charge in [0.15, 0.2) is 17.5 Å². The first-order valence-electron chi connectivity index (χ1n) is 17.4. The zero-order valence-electron chi connectivity index (χ0n) is 28.2. The van der Waals surface area contributed by atoms with Crippen molar-refractivity contribution in [2.24, 2.45) is 0 Å². The molecule has 0 fully saturated rings.